The molecule has 3 nitrogen and oxygen atoms in total. The van der Waals surface area contributed by atoms with E-state index >= 15 is 0 Å². The number of halogens is 1. The molecule has 0 heterocycles. The Morgan fingerprint density at radius 3 is 2.50 bits per heavy atom. The van der Waals surface area contributed by atoms with Crippen LogP contribution in [0.3, 0.4) is 0 Å². The lowest BCUT2D eigenvalue weighted by Crippen LogP contribution is -2.80. The first-order valence-corrected chi connectivity index (χ1v) is 7.30. The lowest BCUT2D eigenvalue weighted by atomic mass is 10.1. The van der Waals surface area contributed by atoms with Crippen LogP contribution in [-0.4, -0.2) is 14.2 Å². The van der Waals surface area contributed by atoms with E-state index in [1.54, 1.807) is 14.2 Å². The van der Waals surface area contributed by atoms with Crippen molar-refractivity contribution in [2.75, 3.05) is 14.2 Å². The van der Waals surface area contributed by atoms with Crippen LogP contribution in [-0.2, 0) is 13.1 Å². The van der Waals surface area contributed by atoms with Gasteiger partial charge in [0.25, 0.3) is 0 Å². The Morgan fingerprint density at radius 2 is 1.80 bits per heavy atom. The second kappa shape index (κ2) is 7.31. The van der Waals surface area contributed by atoms with Gasteiger partial charge in [-0.1, -0.05) is 34.1 Å². The predicted octanol–water partition coefficient (Wildman–Crippen LogP) is 2.73. The lowest BCUT2D eigenvalue weighted by molar-refractivity contribution is -0.686. The summed E-state index contributed by atoms with van der Waals surface area (Å²) >= 11 is 3.49. The van der Waals surface area contributed by atoms with Gasteiger partial charge in [-0.15, -0.1) is 0 Å². The van der Waals surface area contributed by atoms with Crippen molar-refractivity contribution in [3.05, 3.63) is 58.1 Å². The quantitative estimate of drug-likeness (QED) is 0.880. The minimum absolute atomic E-state index is 0.779. The maximum Gasteiger partial charge on any atom is 0.169 e. The van der Waals surface area contributed by atoms with Gasteiger partial charge in [-0.3, -0.25) is 0 Å². The Balaban J connectivity index is 2.01. The molecule has 0 saturated carbocycles. The zero-order chi connectivity index (χ0) is 14.4. The number of nitrogens with two attached hydrogens (primary N) is 1. The molecule has 0 atom stereocenters. The van der Waals surface area contributed by atoms with Gasteiger partial charge in [0.15, 0.2) is 11.5 Å². The molecule has 20 heavy (non-hydrogen) atoms. The smallest absolute Gasteiger partial charge is 0.169 e. The van der Waals surface area contributed by atoms with Crippen molar-refractivity contribution in [1.29, 1.82) is 0 Å². The van der Waals surface area contributed by atoms with E-state index in [4.69, 9.17) is 9.47 Å². The van der Waals surface area contributed by atoms with Gasteiger partial charge in [0.05, 0.1) is 19.8 Å². The third-order valence-corrected chi connectivity index (χ3v) is 3.61. The summed E-state index contributed by atoms with van der Waals surface area (Å²) in [5, 5.41) is 2.25. The minimum atomic E-state index is 0.779. The number of hydrogen-bond donors (Lipinski definition) is 1. The van der Waals surface area contributed by atoms with Crippen LogP contribution in [0, 0.1) is 0 Å². The Hall–Kier alpha value is -1.52. The molecule has 0 aliphatic heterocycles. The van der Waals surface area contributed by atoms with E-state index in [0.717, 1.165) is 34.6 Å². The molecule has 106 valence electrons. The molecular formula is C16H19BrNO2+. The molecule has 4 heteroatoms. The van der Waals surface area contributed by atoms with Crippen LogP contribution in [0.5, 0.6) is 11.5 Å². The van der Waals surface area contributed by atoms with Crippen molar-refractivity contribution in [1.82, 2.24) is 0 Å². The van der Waals surface area contributed by atoms with Crippen LogP contribution in [0.1, 0.15) is 11.1 Å². The van der Waals surface area contributed by atoms with Gasteiger partial charge in [-0.2, -0.15) is 0 Å². The van der Waals surface area contributed by atoms with E-state index in [0.29, 0.717) is 0 Å². The number of rotatable bonds is 6. The molecule has 0 amide bonds. The fraction of sp³-hybridized carbons (Fsp3) is 0.250. The van der Waals surface area contributed by atoms with Crippen LogP contribution < -0.4 is 14.8 Å². The third-order valence-electron chi connectivity index (χ3n) is 3.12. The Bertz CT molecular complexity index is 572. The van der Waals surface area contributed by atoms with Gasteiger partial charge in [-0.05, 0) is 24.3 Å². The van der Waals surface area contributed by atoms with Crippen molar-refractivity contribution in [3.8, 4) is 11.5 Å². The predicted molar refractivity (Wildman–Crippen MR) is 83.0 cm³/mol. The topological polar surface area (TPSA) is 35.1 Å². The number of methoxy groups -OCH3 is 2. The minimum Gasteiger partial charge on any atom is -0.493 e. The summed E-state index contributed by atoms with van der Waals surface area (Å²) in [5.74, 6) is 1.60. The number of ether oxygens (including phenoxy) is 2. The highest BCUT2D eigenvalue weighted by Crippen LogP contribution is 2.29. The zero-order valence-corrected chi connectivity index (χ0v) is 13.3. The van der Waals surface area contributed by atoms with E-state index in [1.807, 2.05) is 18.2 Å². The summed E-state index contributed by atoms with van der Waals surface area (Å²) in [6, 6.07) is 14.3. The average Bonchev–Trinajstić information content (AvgIpc) is 2.47. The molecule has 0 unspecified atom stereocenters. The van der Waals surface area contributed by atoms with Crippen molar-refractivity contribution in [3.63, 3.8) is 0 Å². The Morgan fingerprint density at radius 1 is 1.00 bits per heavy atom. The molecule has 0 bridgehead atoms. The fourth-order valence-corrected chi connectivity index (χ4v) is 2.62. The molecule has 0 aromatic heterocycles. The maximum absolute atomic E-state index is 5.44. The zero-order valence-electron chi connectivity index (χ0n) is 11.7. The largest absolute Gasteiger partial charge is 0.493 e. The molecule has 2 rings (SSSR count). The Kier molecular flexibility index (Phi) is 5.44. The molecule has 2 aromatic rings. The maximum atomic E-state index is 5.44. The second-order valence-electron chi connectivity index (χ2n) is 4.48. The normalized spacial score (nSPS) is 10.3. The van der Waals surface area contributed by atoms with Gasteiger partial charge in [0, 0.05) is 10.0 Å². The van der Waals surface area contributed by atoms with E-state index in [-0.39, 0.29) is 0 Å². The van der Waals surface area contributed by atoms with Crippen molar-refractivity contribution >= 4 is 15.9 Å². The van der Waals surface area contributed by atoms with E-state index in [2.05, 4.69) is 45.5 Å². The highest BCUT2D eigenvalue weighted by atomic mass is 79.9. The molecular weight excluding hydrogens is 318 g/mol. The van der Waals surface area contributed by atoms with Crippen LogP contribution in [0.25, 0.3) is 0 Å². The van der Waals surface area contributed by atoms with Crippen molar-refractivity contribution in [2.24, 2.45) is 0 Å². The first kappa shape index (κ1) is 14.9. The van der Waals surface area contributed by atoms with Crippen molar-refractivity contribution < 1.29 is 14.8 Å². The molecule has 0 fully saturated rings. The second-order valence-corrected chi connectivity index (χ2v) is 5.40. The molecule has 0 aliphatic carbocycles. The summed E-state index contributed by atoms with van der Waals surface area (Å²) in [6.45, 7) is 1.78. The van der Waals surface area contributed by atoms with Crippen molar-refractivity contribution in [2.45, 2.75) is 13.1 Å². The molecule has 0 radical (unpaired) electrons. The van der Waals surface area contributed by atoms with Crippen LogP contribution >= 0.6 is 15.9 Å². The molecule has 0 spiro atoms. The molecule has 2 aromatic carbocycles. The molecule has 0 aliphatic rings. The van der Waals surface area contributed by atoms with Gasteiger partial charge < -0.3 is 14.8 Å². The van der Waals surface area contributed by atoms with Crippen LogP contribution in [0.15, 0.2) is 46.9 Å². The van der Waals surface area contributed by atoms with Crippen LogP contribution in [0.2, 0.25) is 0 Å². The number of benzene rings is 2. The first-order valence-electron chi connectivity index (χ1n) is 6.50. The van der Waals surface area contributed by atoms with Crippen LogP contribution in [0.4, 0.5) is 0 Å². The summed E-state index contributed by atoms with van der Waals surface area (Å²) in [5.41, 5.74) is 2.43. The Labute approximate surface area is 128 Å². The van der Waals surface area contributed by atoms with E-state index in [1.165, 1.54) is 5.56 Å². The summed E-state index contributed by atoms with van der Waals surface area (Å²) in [7, 11) is 3.34. The molecule has 2 N–H and O–H groups in total. The third kappa shape index (κ3) is 3.74. The highest BCUT2D eigenvalue weighted by molar-refractivity contribution is 9.10. The van der Waals surface area contributed by atoms with Gasteiger partial charge >= 0.3 is 0 Å². The van der Waals surface area contributed by atoms with Gasteiger partial charge in [0.1, 0.15) is 13.1 Å². The van der Waals surface area contributed by atoms with E-state index in [9.17, 15) is 0 Å². The molecule has 0 saturated heterocycles. The average molecular weight is 337 g/mol. The standard InChI is InChI=1S/C16H18BrNO2/c1-19-15-8-4-6-13(16(15)20-2)11-18-10-12-5-3-7-14(17)9-12/h3-9,18H,10-11H2,1-2H3/p+1. The summed E-state index contributed by atoms with van der Waals surface area (Å²) in [6.07, 6.45) is 0. The lowest BCUT2D eigenvalue weighted by Gasteiger charge is -2.11. The van der Waals surface area contributed by atoms with Gasteiger partial charge in [0.2, 0.25) is 0 Å². The summed E-state index contributed by atoms with van der Waals surface area (Å²) < 4.78 is 11.9. The SMILES string of the molecule is COc1cccc(C[NH2+]Cc2cccc(Br)c2)c1OC. The highest BCUT2D eigenvalue weighted by Gasteiger charge is 2.10. The fourth-order valence-electron chi connectivity index (χ4n) is 2.17. The number of para-hydroxylation sites is 1. The number of hydrogen-bond acceptors (Lipinski definition) is 2. The van der Waals surface area contributed by atoms with Gasteiger partial charge in [-0.25, -0.2) is 0 Å². The first-order chi connectivity index (χ1) is 9.74. The summed E-state index contributed by atoms with van der Waals surface area (Å²) in [4.78, 5) is 0. The monoisotopic (exact) mass is 336 g/mol. The number of quaternary nitrogens is 1. The van der Waals surface area contributed by atoms with E-state index < -0.39 is 0 Å².